The van der Waals surface area contributed by atoms with Gasteiger partial charge in [0.1, 0.15) is 6.54 Å². The van der Waals surface area contributed by atoms with E-state index in [4.69, 9.17) is 27.9 Å². The lowest BCUT2D eigenvalue weighted by atomic mass is 9.92. The van der Waals surface area contributed by atoms with Gasteiger partial charge in [0.15, 0.2) is 17.8 Å². The number of rotatable bonds is 8. The lowest BCUT2D eigenvalue weighted by Gasteiger charge is -2.29. The van der Waals surface area contributed by atoms with Gasteiger partial charge in [0.05, 0.1) is 17.3 Å². The van der Waals surface area contributed by atoms with E-state index in [9.17, 15) is 23.1 Å². The molecule has 2 aromatic heterocycles. The Morgan fingerprint density at radius 3 is 2.31 bits per heavy atom. The van der Waals surface area contributed by atoms with E-state index >= 15 is 8.78 Å². The summed E-state index contributed by atoms with van der Waals surface area (Å²) in [6.07, 6.45) is -7.74. The summed E-state index contributed by atoms with van der Waals surface area (Å²) in [6.45, 7) is -1.42. The van der Waals surface area contributed by atoms with Crippen molar-refractivity contribution in [1.29, 1.82) is 0 Å². The largest absolute Gasteiger partial charge is 0.416 e. The summed E-state index contributed by atoms with van der Waals surface area (Å²) < 4.78 is 78.8. The molecule has 0 amide bonds. The van der Waals surface area contributed by atoms with E-state index in [0.717, 1.165) is 9.36 Å². The van der Waals surface area contributed by atoms with E-state index < -0.39 is 48.7 Å². The Morgan fingerprint density at radius 2 is 1.67 bits per heavy atom. The molecule has 4 aromatic rings. The molecule has 0 radical (unpaired) electrons. The van der Waals surface area contributed by atoms with Crippen LogP contribution in [-0.2, 0) is 23.7 Å². The third kappa shape index (κ3) is 6.07. The van der Waals surface area contributed by atoms with E-state index in [0.29, 0.717) is 9.59 Å². The summed E-state index contributed by atoms with van der Waals surface area (Å²) in [5.41, 5.74) is -0.700. The van der Waals surface area contributed by atoms with Gasteiger partial charge >= 0.3 is 17.8 Å². The fourth-order valence-corrected chi connectivity index (χ4v) is 4.94. The number of aromatic nitrogens is 6. The summed E-state index contributed by atoms with van der Waals surface area (Å²) in [7, 11) is 0. The minimum absolute atomic E-state index is 0.0769. The molecule has 9 nitrogen and oxygen atoms in total. The number of aliphatic hydroxyl groups excluding tert-OH is 1. The highest BCUT2D eigenvalue weighted by Gasteiger charge is 2.47. The average Bonchev–Trinajstić information content (AvgIpc) is 3.51. The van der Waals surface area contributed by atoms with E-state index in [-0.39, 0.29) is 54.0 Å². The molecule has 3 heterocycles. The Hall–Kier alpha value is -3.33. The SMILES string of the molecule is O=c1n(Cc2nc(C(F)(F)C3CCOCC3)n(-c3ccccc3Cl)n2)nc(-c2ccc(Cl)cc2)n1CC(O)C(F)(F)F. The van der Waals surface area contributed by atoms with Crippen LogP contribution < -0.4 is 5.69 Å². The number of hydrogen-bond acceptors (Lipinski definition) is 6. The smallest absolute Gasteiger partial charge is 0.382 e. The maximum Gasteiger partial charge on any atom is 0.416 e. The average molecular weight is 633 g/mol. The van der Waals surface area contributed by atoms with Gasteiger partial charge in [-0.15, -0.1) is 10.2 Å². The van der Waals surface area contributed by atoms with Gasteiger partial charge < -0.3 is 9.84 Å². The third-order valence-electron chi connectivity index (χ3n) is 6.81. The zero-order valence-corrected chi connectivity index (χ0v) is 23.1. The highest BCUT2D eigenvalue weighted by Crippen LogP contribution is 2.41. The first-order valence-electron chi connectivity index (χ1n) is 12.7. The Labute approximate surface area is 245 Å². The number of para-hydroxylation sites is 1. The minimum Gasteiger partial charge on any atom is -0.382 e. The second kappa shape index (κ2) is 11.7. The molecule has 2 aromatic carbocycles. The molecule has 1 atom stereocenters. The molecule has 0 spiro atoms. The highest BCUT2D eigenvalue weighted by atomic mass is 35.5. The van der Waals surface area contributed by atoms with Gasteiger partial charge in [-0.1, -0.05) is 35.3 Å². The number of alkyl halides is 5. The predicted molar refractivity (Wildman–Crippen MR) is 142 cm³/mol. The zero-order chi connectivity index (χ0) is 30.2. The molecule has 1 saturated heterocycles. The van der Waals surface area contributed by atoms with Gasteiger partial charge in [0.2, 0.25) is 5.82 Å². The van der Waals surface area contributed by atoms with Crippen LogP contribution in [-0.4, -0.2) is 59.7 Å². The van der Waals surface area contributed by atoms with Crippen LogP contribution in [0.25, 0.3) is 17.1 Å². The zero-order valence-electron chi connectivity index (χ0n) is 21.6. The van der Waals surface area contributed by atoms with E-state index in [1.807, 2.05) is 0 Å². The number of hydrogen-bond donors (Lipinski definition) is 1. The molecule has 5 rings (SSSR count). The molecule has 1 fully saturated rings. The van der Waals surface area contributed by atoms with Gasteiger partial charge in [-0.2, -0.15) is 22.0 Å². The van der Waals surface area contributed by atoms with Gasteiger partial charge in [0, 0.05) is 29.7 Å². The Kier molecular flexibility index (Phi) is 8.43. The molecule has 1 aliphatic heterocycles. The van der Waals surface area contributed by atoms with E-state index in [2.05, 4.69) is 15.2 Å². The molecule has 16 heteroatoms. The monoisotopic (exact) mass is 632 g/mol. The lowest BCUT2D eigenvalue weighted by Crippen LogP contribution is -2.37. The number of aliphatic hydroxyl groups is 1. The van der Waals surface area contributed by atoms with Gasteiger partial charge in [0.25, 0.3) is 0 Å². The summed E-state index contributed by atoms with van der Waals surface area (Å²) in [4.78, 5) is 17.4. The number of halogens is 7. The van der Waals surface area contributed by atoms with Crippen LogP contribution in [0.3, 0.4) is 0 Å². The van der Waals surface area contributed by atoms with Crippen molar-refractivity contribution >= 4 is 23.2 Å². The van der Waals surface area contributed by atoms with Crippen LogP contribution in [0.15, 0.2) is 53.3 Å². The maximum absolute atomic E-state index is 15.9. The first-order chi connectivity index (χ1) is 19.9. The molecule has 0 aliphatic carbocycles. The standard InChI is InChI=1S/C26H23Cl2F5N6O3/c27-17-7-5-15(6-8-17)22-36-38(24(41)37(22)13-20(40)26(31,32)33)14-21-34-23(25(29,30)16-9-11-42-12-10-16)39(35-21)19-4-2-1-3-18(19)28/h1-8,16,20,40H,9-14H2. The first kappa shape index (κ1) is 30.1. The quantitative estimate of drug-likeness (QED) is 0.272. The van der Waals surface area contributed by atoms with Crippen LogP contribution in [0.5, 0.6) is 0 Å². The van der Waals surface area contributed by atoms with Gasteiger partial charge in [-0.05, 0) is 49.2 Å². The van der Waals surface area contributed by atoms with E-state index in [1.165, 1.54) is 36.4 Å². The van der Waals surface area contributed by atoms with Crippen LogP contribution in [0.2, 0.25) is 10.0 Å². The Morgan fingerprint density at radius 1 is 1.00 bits per heavy atom. The van der Waals surface area contributed by atoms with Gasteiger partial charge in [-0.3, -0.25) is 4.57 Å². The molecule has 0 bridgehead atoms. The fraction of sp³-hybridized carbons (Fsp3) is 0.385. The number of ether oxygens (including phenoxy) is 1. The maximum atomic E-state index is 15.9. The molecule has 1 unspecified atom stereocenters. The van der Waals surface area contributed by atoms with Crippen LogP contribution >= 0.6 is 23.2 Å². The van der Waals surface area contributed by atoms with Gasteiger partial charge in [-0.25, -0.2) is 19.1 Å². The number of nitrogens with zero attached hydrogens (tertiary/aromatic N) is 6. The summed E-state index contributed by atoms with van der Waals surface area (Å²) >= 11 is 12.2. The van der Waals surface area contributed by atoms with Crippen LogP contribution in [0.4, 0.5) is 22.0 Å². The van der Waals surface area contributed by atoms with Crippen molar-refractivity contribution in [3.05, 3.63) is 80.7 Å². The fourth-order valence-electron chi connectivity index (χ4n) is 4.60. The molecule has 224 valence electrons. The first-order valence-corrected chi connectivity index (χ1v) is 13.5. The Balaban J connectivity index is 1.59. The molecule has 1 N–H and O–H groups in total. The topological polar surface area (TPSA) is 100.0 Å². The summed E-state index contributed by atoms with van der Waals surface area (Å²) in [5.74, 6) is -5.76. The lowest BCUT2D eigenvalue weighted by molar-refractivity contribution is -0.207. The van der Waals surface area contributed by atoms with Crippen molar-refractivity contribution in [2.24, 2.45) is 5.92 Å². The third-order valence-corrected chi connectivity index (χ3v) is 7.39. The molecule has 0 saturated carbocycles. The van der Waals surface area contributed by atoms with Crippen LogP contribution in [0.1, 0.15) is 24.5 Å². The number of benzene rings is 2. The van der Waals surface area contributed by atoms with Crippen molar-refractivity contribution in [3.8, 4) is 17.1 Å². The molecular formula is C26H23Cl2F5N6O3. The highest BCUT2D eigenvalue weighted by molar-refractivity contribution is 6.32. The van der Waals surface area contributed by atoms with E-state index in [1.54, 1.807) is 12.1 Å². The molecular weight excluding hydrogens is 610 g/mol. The molecule has 1 aliphatic rings. The van der Waals surface area contributed by atoms with Crippen molar-refractivity contribution in [1.82, 2.24) is 29.1 Å². The normalized spacial score (nSPS) is 15.7. The van der Waals surface area contributed by atoms with Crippen molar-refractivity contribution < 1.29 is 31.8 Å². The summed E-state index contributed by atoms with van der Waals surface area (Å²) in [5, 5.41) is 18.5. The second-order valence-electron chi connectivity index (χ2n) is 9.66. The van der Waals surface area contributed by atoms with Crippen LogP contribution in [0, 0.1) is 5.92 Å². The predicted octanol–water partition coefficient (Wildman–Crippen LogP) is 5.09. The van der Waals surface area contributed by atoms with Crippen molar-refractivity contribution in [3.63, 3.8) is 0 Å². The summed E-state index contributed by atoms with van der Waals surface area (Å²) in [6, 6.07) is 11.9. The molecule has 42 heavy (non-hydrogen) atoms. The van der Waals surface area contributed by atoms with Crippen molar-refractivity contribution in [2.45, 2.75) is 44.1 Å². The second-order valence-corrected chi connectivity index (χ2v) is 10.5. The minimum atomic E-state index is -5.02. The van der Waals surface area contributed by atoms with Crippen molar-refractivity contribution in [2.75, 3.05) is 13.2 Å². The Bertz CT molecular complexity index is 1610.